The fourth-order valence-electron chi connectivity index (χ4n) is 5.46. The van der Waals surface area contributed by atoms with E-state index in [1.807, 2.05) is 0 Å². The second-order valence-corrected chi connectivity index (χ2v) is 16.0. The Morgan fingerprint density at radius 1 is 1.06 bits per heavy atom. The van der Waals surface area contributed by atoms with Crippen molar-refractivity contribution < 1.29 is 41.4 Å². The molecule has 7 N–H and O–H groups in total. The molecule has 0 radical (unpaired) electrons. The van der Waals surface area contributed by atoms with E-state index in [0.717, 1.165) is 10.9 Å². The molecule has 10 atom stereocenters. The van der Waals surface area contributed by atoms with Crippen molar-refractivity contribution in [2.75, 3.05) is 24.7 Å². The third-order valence-electron chi connectivity index (χ3n) is 7.47. The lowest BCUT2D eigenvalue weighted by Crippen LogP contribution is -2.36. The predicted molar refractivity (Wildman–Crippen MR) is 161 cm³/mol. The van der Waals surface area contributed by atoms with Gasteiger partial charge in [-0.3, -0.25) is 32.5 Å². The first-order valence-corrected chi connectivity index (χ1v) is 18.6. The summed E-state index contributed by atoms with van der Waals surface area (Å²) in [6.45, 7) is -10.0. The summed E-state index contributed by atoms with van der Waals surface area (Å²) in [5, 5.41) is 3.87. The topological polar surface area (TPSA) is 302 Å². The van der Waals surface area contributed by atoms with Gasteiger partial charge in [-0.25, -0.2) is 28.9 Å². The van der Waals surface area contributed by atoms with E-state index in [4.69, 9.17) is 56.4 Å². The van der Waals surface area contributed by atoms with Crippen molar-refractivity contribution in [3.63, 3.8) is 0 Å². The molecule has 3 aliphatic heterocycles. The first-order valence-electron chi connectivity index (χ1n) is 13.3. The zero-order valence-corrected chi connectivity index (χ0v) is 26.8. The molecular formula is C20H23FN13O9P2S2+. The molecule has 3 aliphatic rings. The summed E-state index contributed by atoms with van der Waals surface area (Å²) < 4.78 is 66.8. The molecule has 0 aliphatic carbocycles. The van der Waals surface area contributed by atoms with Crippen LogP contribution in [0.2, 0.25) is 0 Å². The fourth-order valence-corrected chi connectivity index (χ4v) is 8.32. The quantitative estimate of drug-likeness (QED) is 0.0711. The number of nitrogens with one attached hydrogen (secondary N) is 2. The largest absolute Gasteiger partial charge is 0.386 e. The molecule has 27 heteroatoms. The van der Waals surface area contributed by atoms with Crippen molar-refractivity contribution in [1.82, 2.24) is 43.9 Å². The molecule has 3 fully saturated rings. The normalized spacial score (nSPS) is 36.3. The van der Waals surface area contributed by atoms with E-state index in [-0.39, 0.29) is 34.1 Å². The van der Waals surface area contributed by atoms with Gasteiger partial charge in [-0.15, -0.1) is 0 Å². The predicted octanol–water partition coefficient (Wildman–Crippen LogP) is 0.248. The smallest absolute Gasteiger partial charge is 0.382 e. The number of aromatic amines is 1. The summed E-state index contributed by atoms with van der Waals surface area (Å²) in [6, 6.07) is -1.22. The molecule has 0 aromatic carbocycles. The number of alkyl halides is 1. The van der Waals surface area contributed by atoms with Crippen LogP contribution in [0.3, 0.4) is 0 Å². The number of anilines is 2. The van der Waals surface area contributed by atoms with Gasteiger partial charge in [0, 0.05) is 0 Å². The first kappa shape index (κ1) is 32.2. The van der Waals surface area contributed by atoms with E-state index in [2.05, 4.69) is 52.2 Å². The third-order valence-corrected chi connectivity index (χ3v) is 10.6. The van der Waals surface area contributed by atoms with Gasteiger partial charge in [0.05, 0.1) is 25.9 Å². The molecule has 0 spiro atoms. The van der Waals surface area contributed by atoms with Crippen LogP contribution in [0.4, 0.5) is 16.2 Å². The SMILES string of the molecule is N=[N+]=N[C@H]1[C@H]2OP(=O)(S)OC[C@H]3O[C@@H](n4cnc5c(=O)[nH]c(N)nc54)[C@H](OP(O)(=S)OC[C@H]1O[C@H]2n1cnc2c(N)ncnc21)[C@@H]3F. The highest BCUT2D eigenvalue weighted by Gasteiger charge is 2.55. The second-order valence-electron chi connectivity index (χ2n) is 10.3. The molecule has 3 saturated heterocycles. The van der Waals surface area contributed by atoms with Gasteiger partial charge in [0.1, 0.15) is 46.9 Å². The van der Waals surface area contributed by atoms with Gasteiger partial charge in [-0.2, -0.15) is 4.98 Å². The maximum absolute atomic E-state index is 16.0. The van der Waals surface area contributed by atoms with Crippen LogP contribution in [-0.4, -0.2) is 93.8 Å². The Labute approximate surface area is 270 Å². The summed E-state index contributed by atoms with van der Waals surface area (Å²) in [5.74, 6) is -0.194. The maximum atomic E-state index is 16.0. The van der Waals surface area contributed by atoms with Crippen LogP contribution >= 0.6 is 25.8 Å². The number of nitrogens with two attached hydrogens (primary N) is 2. The number of hydrogen-bond acceptors (Lipinski definition) is 18. The van der Waals surface area contributed by atoms with Crippen molar-refractivity contribution in [3.05, 3.63) is 29.3 Å². The summed E-state index contributed by atoms with van der Waals surface area (Å²) in [4.78, 5) is 49.2. The van der Waals surface area contributed by atoms with E-state index < -0.39 is 81.4 Å². The van der Waals surface area contributed by atoms with E-state index in [1.54, 1.807) is 0 Å². The zero-order valence-electron chi connectivity index (χ0n) is 23.3. The highest BCUT2D eigenvalue weighted by Crippen LogP contribution is 2.58. The molecule has 4 aromatic heterocycles. The minimum Gasteiger partial charge on any atom is -0.382 e. The monoisotopic (exact) mass is 734 g/mol. The molecule has 22 nitrogen and oxygen atoms in total. The minimum atomic E-state index is -4.42. The molecule has 0 amide bonds. The number of nitrogen functional groups attached to an aromatic ring is 2. The van der Waals surface area contributed by atoms with Crippen LogP contribution in [0.5, 0.6) is 0 Å². The lowest BCUT2D eigenvalue weighted by molar-refractivity contribution is -0.0589. The summed E-state index contributed by atoms with van der Waals surface area (Å²) in [7, 11) is 0. The molecule has 2 unspecified atom stereocenters. The van der Waals surface area contributed by atoms with Crippen molar-refractivity contribution in [2.45, 2.75) is 49.1 Å². The number of thiol groups is 1. The molecule has 250 valence electrons. The Balaban J connectivity index is 1.26. The number of halogens is 1. The highest BCUT2D eigenvalue weighted by atomic mass is 32.7. The van der Waals surface area contributed by atoms with Gasteiger partial charge in [-0.05, 0) is 11.8 Å². The number of nitrogens with zero attached hydrogens (tertiary/aromatic N) is 9. The molecular weight excluding hydrogens is 711 g/mol. The number of H-pyrrole nitrogens is 1. The van der Waals surface area contributed by atoms with Gasteiger partial charge in [0.15, 0.2) is 47.3 Å². The maximum Gasteiger partial charge on any atom is 0.386 e. The fraction of sp³-hybridized carbons (Fsp3) is 0.500. The second kappa shape index (κ2) is 12.0. The molecule has 7 heterocycles. The Bertz CT molecular complexity index is 2080. The minimum absolute atomic E-state index is 0.0649. The van der Waals surface area contributed by atoms with Gasteiger partial charge in [0.25, 0.3) is 5.56 Å². The summed E-state index contributed by atoms with van der Waals surface area (Å²) >= 11 is 9.33. The van der Waals surface area contributed by atoms with Crippen LogP contribution in [-0.2, 0) is 43.9 Å². The molecule has 7 rings (SSSR count). The molecule has 4 aromatic rings. The first-order chi connectivity index (χ1) is 22.4. The Hall–Kier alpha value is -3.31. The van der Waals surface area contributed by atoms with Crippen molar-refractivity contribution in [3.8, 4) is 0 Å². The molecule has 4 bridgehead atoms. The van der Waals surface area contributed by atoms with E-state index >= 15 is 4.39 Å². The standard InChI is InChI=1S/C20H22FN13O9P2S2/c21-8-6-1-38-45(37,47)43-13-9(31-32-24)7(41-19(13)33-4-27-10-14(22)25-3-26-15(10)33)2-39-44(36,46)42-12(8)18(40-6)34-5-28-11-16(34)29-20(23)30-17(11)35/h3-9,12-13,18-19,24H,1-2H2,(H6-,22,23,25,26,29,30,35,36,37,46,47)/p+1/t6-,7-,8-,9-,12-,13-,18-,19-,44?,45?/m1/s1. The van der Waals surface area contributed by atoms with Gasteiger partial charge in [0.2, 0.25) is 10.9 Å². The Morgan fingerprint density at radius 3 is 2.51 bits per heavy atom. The number of rotatable bonds is 3. The van der Waals surface area contributed by atoms with Crippen LogP contribution in [0, 0.1) is 5.53 Å². The molecule has 47 heavy (non-hydrogen) atoms. The van der Waals surface area contributed by atoms with Crippen LogP contribution in [0.15, 0.2) is 28.9 Å². The number of fused-ring (bicyclic) bond motifs is 6. The number of ether oxygens (including phenoxy) is 2. The number of hydrogen-bond donors (Lipinski definition) is 6. The Morgan fingerprint density at radius 2 is 1.74 bits per heavy atom. The highest BCUT2D eigenvalue weighted by molar-refractivity contribution is 8.44. The van der Waals surface area contributed by atoms with Crippen LogP contribution < -0.4 is 21.9 Å². The van der Waals surface area contributed by atoms with Crippen molar-refractivity contribution in [2.24, 2.45) is 5.11 Å². The zero-order chi connectivity index (χ0) is 33.2. The van der Waals surface area contributed by atoms with E-state index in [1.165, 1.54) is 17.2 Å². The number of aromatic nitrogens is 8. The summed E-state index contributed by atoms with van der Waals surface area (Å²) in [5.41, 5.74) is 18.5. The van der Waals surface area contributed by atoms with E-state index in [0.29, 0.717) is 0 Å². The lowest BCUT2D eigenvalue weighted by Gasteiger charge is -2.26. The van der Waals surface area contributed by atoms with Crippen molar-refractivity contribution in [1.29, 1.82) is 5.53 Å². The average molecular weight is 735 g/mol. The van der Waals surface area contributed by atoms with Gasteiger partial charge in [-0.1, -0.05) is 12.2 Å². The van der Waals surface area contributed by atoms with Crippen LogP contribution in [0.25, 0.3) is 22.3 Å². The van der Waals surface area contributed by atoms with Crippen LogP contribution in [0.1, 0.15) is 12.5 Å². The third kappa shape index (κ3) is 5.87. The van der Waals surface area contributed by atoms with E-state index in [9.17, 15) is 14.3 Å². The number of imidazole rings is 2. The van der Waals surface area contributed by atoms with Gasteiger partial charge >= 0.3 is 13.5 Å². The summed E-state index contributed by atoms with van der Waals surface area (Å²) in [6.07, 6.45) is -6.91. The Kier molecular flexibility index (Phi) is 8.22. The van der Waals surface area contributed by atoms with Crippen molar-refractivity contribution >= 4 is 71.7 Å². The lowest BCUT2D eigenvalue weighted by atomic mass is 10.1. The van der Waals surface area contributed by atoms with Gasteiger partial charge < -0.3 is 30.4 Å². The average Bonchev–Trinajstić information content (AvgIpc) is 3.76. The molecule has 0 saturated carbocycles.